The maximum atomic E-state index is 12.3. The number of rotatable bonds is 7. The van der Waals surface area contributed by atoms with Gasteiger partial charge in [0.15, 0.2) is 0 Å². The Morgan fingerprint density at radius 3 is 2.48 bits per heavy atom. The van der Waals surface area contributed by atoms with Gasteiger partial charge in [-0.15, -0.1) is 12.4 Å². The Labute approximate surface area is 167 Å². The lowest BCUT2D eigenvalue weighted by Crippen LogP contribution is -2.36. The number of nitrogens with one attached hydrogen (secondary N) is 1. The van der Waals surface area contributed by atoms with Crippen LogP contribution in [-0.2, 0) is 11.3 Å². The van der Waals surface area contributed by atoms with Crippen molar-refractivity contribution in [3.63, 3.8) is 0 Å². The van der Waals surface area contributed by atoms with Crippen molar-refractivity contribution in [3.8, 4) is 5.75 Å². The van der Waals surface area contributed by atoms with E-state index >= 15 is 0 Å². The van der Waals surface area contributed by atoms with Crippen molar-refractivity contribution in [2.75, 3.05) is 33.3 Å². The summed E-state index contributed by atoms with van der Waals surface area (Å²) in [5.74, 6) is 1.66. The van der Waals surface area contributed by atoms with Gasteiger partial charge >= 0.3 is 0 Å². The van der Waals surface area contributed by atoms with E-state index in [2.05, 4.69) is 34.5 Å². The molecule has 6 heteroatoms. The van der Waals surface area contributed by atoms with Crippen LogP contribution in [0, 0.1) is 5.92 Å². The zero-order valence-electron chi connectivity index (χ0n) is 15.6. The Hall–Kier alpha value is -2.08. The molecule has 5 nitrogen and oxygen atoms in total. The third-order valence-electron chi connectivity index (χ3n) is 5.06. The fraction of sp³-hybridized carbons (Fsp3) is 0.381. The number of hydrogen-bond acceptors (Lipinski definition) is 4. The van der Waals surface area contributed by atoms with Gasteiger partial charge in [-0.1, -0.05) is 42.5 Å². The van der Waals surface area contributed by atoms with Gasteiger partial charge in [0, 0.05) is 25.6 Å². The van der Waals surface area contributed by atoms with Crippen LogP contribution >= 0.6 is 12.4 Å². The molecule has 1 heterocycles. The number of ether oxygens (including phenoxy) is 1. The number of benzene rings is 2. The number of amides is 1. The second kappa shape index (κ2) is 10.3. The number of likely N-dealkylation sites (tertiary alicyclic amines) is 1. The van der Waals surface area contributed by atoms with Crippen LogP contribution in [0.3, 0.4) is 0 Å². The standard InChI is InChI=1S/C21H27N3O2.ClH/c1-26-19-9-7-16(8-10-19)12-23-21(25)15-24-13-18(11-22)20(14-24)17-5-3-2-4-6-17;/h2-10,18,20H,11-15,22H2,1H3,(H,23,25);1H/t18-,20+;/m1./s1. The van der Waals surface area contributed by atoms with E-state index in [-0.39, 0.29) is 18.3 Å². The molecule has 0 radical (unpaired) electrons. The van der Waals surface area contributed by atoms with Gasteiger partial charge in [-0.05, 0) is 35.7 Å². The van der Waals surface area contributed by atoms with E-state index in [0.717, 1.165) is 24.4 Å². The molecule has 2 aromatic carbocycles. The molecule has 1 amide bonds. The average Bonchev–Trinajstić information content (AvgIpc) is 3.10. The number of carbonyl (C=O) groups excluding carboxylic acids is 1. The number of nitrogens with zero attached hydrogens (tertiary/aromatic N) is 1. The Kier molecular flexibility index (Phi) is 8.10. The van der Waals surface area contributed by atoms with Gasteiger partial charge in [0.05, 0.1) is 13.7 Å². The summed E-state index contributed by atoms with van der Waals surface area (Å²) in [4.78, 5) is 14.5. The van der Waals surface area contributed by atoms with E-state index in [1.54, 1.807) is 7.11 Å². The van der Waals surface area contributed by atoms with Gasteiger partial charge in [-0.2, -0.15) is 0 Å². The summed E-state index contributed by atoms with van der Waals surface area (Å²) in [5, 5.41) is 3.00. The second-order valence-electron chi connectivity index (χ2n) is 6.83. The molecule has 27 heavy (non-hydrogen) atoms. The van der Waals surface area contributed by atoms with Crippen LogP contribution in [0.1, 0.15) is 17.0 Å². The van der Waals surface area contributed by atoms with Crippen molar-refractivity contribution in [2.24, 2.45) is 11.7 Å². The average molecular weight is 390 g/mol. The van der Waals surface area contributed by atoms with Crippen molar-refractivity contribution in [1.82, 2.24) is 10.2 Å². The molecule has 3 N–H and O–H groups in total. The van der Waals surface area contributed by atoms with Gasteiger partial charge in [-0.3, -0.25) is 9.69 Å². The molecule has 146 valence electrons. The minimum absolute atomic E-state index is 0. The molecule has 3 rings (SSSR count). The summed E-state index contributed by atoms with van der Waals surface area (Å²) in [7, 11) is 1.64. The molecule has 0 unspecified atom stereocenters. The largest absolute Gasteiger partial charge is 0.497 e. The van der Waals surface area contributed by atoms with E-state index in [0.29, 0.717) is 31.5 Å². The maximum Gasteiger partial charge on any atom is 0.234 e. The van der Waals surface area contributed by atoms with Crippen LogP contribution in [0.5, 0.6) is 5.75 Å². The number of halogens is 1. The van der Waals surface area contributed by atoms with Crippen LogP contribution in [0.2, 0.25) is 0 Å². The van der Waals surface area contributed by atoms with Crippen molar-refractivity contribution >= 4 is 18.3 Å². The van der Waals surface area contributed by atoms with Gasteiger partial charge in [-0.25, -0.2) is 0 Å². The highest BCUT2D eigenvalue weighted by Gasteiger charge is 2.33. The maximum absolute atomic E-state index is 12.3. The first kappa shape index (κ1) is 21.2. The van der Waals surface area contributed by atoms with Gasteiger partial charge in [0.1, 0.15) is 5.75 Å². The first-order valence-corrected chi connectivity index (χ1v) is 9.06. The van der Waals surface area contributed by atoms with Crippen molar-refractivity contribution in [1.29, 1.82) is 0 Å². The summed E-state index contributed by atoms with van der Waals surface area (Å²) in [6.07, 6.45) is 0. The Morgan fingerprint density at radius 2 is 1.85 bits per heavy atom. The molecule has 2 aromatic rings. The molecule has 2 atom stereocenters. The smallest absolute Gasteiger partial charge is 0.234 e. The number of carbonyl (C=O) groups is 1. The number of nitrogens with two attached hydrogens (primary N) is 1. The Bertz CT molecular complexity index is 709. The van der Waals surface area contributed by atoms with E-state index in [4.69, 9.17) is 10.5 Å². The van der Waals surface area contributed by atoms with Gasteiger partial charge < -0.3 is 15.8 Å². The quantitative estimate of drug-likeness (QED) is 0.763. The molecule has 1 aliphatic rings. The van der Waals surface area contributed by atoms with E-state index in [1.807, 2.05) is 30.3 Å². The van der Waals surface area contributed by atoms with Crippen LogP contribution < -0.4 is 15.8 Å². The Balaban J connectivity index is 0.00000261. The lowest BCUT2D eigenvalue weighted by atomic mass is 9.89. The molecule has 0 bridgehead atoms. The monoisotopic (exact) mass is 389 g/mol. The molecular formula is C21H28ClN3O2. The summed E-state index contributed by atoms with van der Waals surface area (Å²) < 4.78 is 5.15. The molecule has 0 saturated carbocycles. The Morgan fingerprint density at radius 1 is 1.15 bits per heavy atom. The summed E-state index contributed by atoms with van der Waals surface area (Å²) in [5.41, 5.74) is 8.34. The molecule has 0 spiro atoms. The topological polar surface area (TPSA) is 67.6 Å². The zero-order valence-corrected chi connectivity index (χ0v) is 16.5. The third-order valence-corrected chi connectivity index (χ3v) is 5.06. The minimum atomic E-state index is 0. The van der Waals surface area contributed by atoms with Crippen LogP contribution in [-0.4, -0.2) is 44.1 Å². The summed E-state index contributed by atoms with van der Waals surface area (Å²) in [6.45, 7) is 3.33. The first-order chi connectivity index (χ1) is 12.7. The molecule has 1 fully saturated rings. The van der Waals surface area contributed by atoms with Gasteiger partial charge in [0.25, 0.3) is 0 Å². The van der Waals surface area contributed by atoms with Crippen molar-refractivity contribution in [3.05, 3.63) is 65.7 Å². The highest BCUT2D eigenvalue weighted by Crippen LogP contribution is 2.31. The van der Waals surface area contributed by atoms with Crippen LogP contribution in [0.4, 0.5) is 0 Å². The fourth-order valence-corrected chi connectivity index (χ4v) is 3.61. The minimum Gasteiger partial charge on any atom is -0.497 e. The molecular weight excluding hydrogens is 362 g/mol. The predicted molar refractivity (Wildman–Crippen MR) is 110 cm³/mol. The SMILES string of the molecule is COc1ccc(CNC(=O)CN2C[C@@H](CN)[C@H](c3ccccc3)C2)cc1.Cl. The van der Waals surface area contributed by atoms with Crippen LogP contribution in [0.25, 0.3) is 0 Å². The second-order valence-corrected chi connectivity index (χ2v) is 6.83. The fourth-order valence-electron chi connectivity index (χ4n) is 3.61. The van der Waals surface area contributed by atoms with E-state index in [1.165, 1.54) is 5.56 Å². The van der Waals surface area contributed by atoms with Crippen molar-refractivity contribution in [2.45, 2.75) is 12.5 Å². The van der Waals surface area contributed by atoms with E-state index in [9.17, 15) is 4.79 Å². The predicted octanol–water partition coefficient (Wildman–Crippen LogP) is 2.41. The summed E-state index contributed by atoms with van der Waals surface area (Å²) in [6, 6.07) is 18.2. The molecule has 0 aliphatic carbocycles. The molecule has 1 saturated heterocycles. The normalized spacial score (nSPS) is 19.3. The highest BCUT2D eigenvalue weighted by molar-refractivity contribution is 5.85. The van der Waals surface area contributed by atoms with Crippen LogP contribution in [0.15, 0.2) is 54.6 Å². The highest BCUT2D eigenvalue weighted by atomic mass is 35.5. The third kappa shape index (κ3) is 5.70. The number of hydrogen-bond donors (Lipinski definition) is 2. The number of methoxy groups -OCH3 is 1. The van der Waals surface area contributed by atoms with E-state index < -0.39 is 0 Å². The lowest BCUT2D eigenvalue weighted by molar-refractivity contribution is -0.122. The zero-order chi connectivity index (χ0) is 18.4. The summed E-state index contributed by atoms with van der Waals surface area (Å²) >= 11 is 0. The molecule has 1 aliphatic heterocycles. The van der Waals surface area contributed by atoms with Crippen molar-refractivity contribution < 1.29 is 9.53 Å². The lowest BCUT2D eigenvalue weighted by Gasteiger charge is -2.16. The van der Waals surface area contributed by atoms with Gasteiger partial charge in [0.2, 0.25) is 5.91 Å². The first-order valence-electron chi connectivity index (χ1n) is 9.06. The molecule has 0 aromatic heterocycles.